The van der Waals surface area contributed by atoms with E-state index >= 15 is 0 Å². The number of pyridine rings is 1. The van der Waals surface area contributed by atoms with Crippen LogP contribution in [0.25, 0.3) is 11.3 Å². The molecule has 110 valence electrons. The third-order valence-electron chi connectivity index (χ3n) is 2.87. The van der Waals surface area contributed by atoms with Crippen molar-refractivity contribution in [3.63, 3.8) is 0 Å². The van der Waals surface area contributed by atoms with Gasteiger partial charge in [0.15, 0.2) is 5.76 Å². The maximum absolute atomic E-state index is 12.9. The lowest BCUT2D eigenvalue weighted by molar-refractivity contribution is 0.0690. The highest BCUT2D eigenvalue weighted by Crippen LogP contribution is 2.24. The number of carbonyl (C=O) groups is 1. The summed E-state index contributed by atoms with van der Waals surface area (Å²) in [5.74, 6) is -0.940. The van der Waals surface area contributed by atoms with Crippen LogP contribution in [0, 0.1) is 5.82 Å². The summed E-state index contributed by atoms with van der Waals surface area (Å²) in [6.07, 6.45) is 2.87. The van der Waals surface area contributed by atoms with Gasteiger partial charge in [0, 0.05) is 5.56 Å². The van der Waals surface area contributed by atoms with Gasteiger partial charge in [-0.1, -0.05) is 0 Å². The van der Waals surface area contributed by atoms with Crippen LogP contribution in [-0.4, -0.2) is 21.0 Å². The number of aromatic carboxylic acids is 1. The van der Waals surface area contributed by atoms with E-state index in [1.54, 1.807) is 18.2 Å². The normalized spacial score (nSPS) is 10.4. The first-order chi connectivity index (χ1) is 10.6. The Morgan fingerprint density at radius 2 is 1.86 bits per heavy atom. The quantitative estimate of drug-likeness (QED) is 0.768. The van der Waals surface area contributed by atoms with Crippen molar-refractivity contribution in [3.05, 3.63) is 60.3 Å². The number of anilines is 2. The second-order valence-electron chi connectivity index (χ2n) is 4.40. The minimum atomic E-state index is -1.10. The molecule has 0 aliphatic rings. The predicted octanol–water partition coefficient (Wildman–Crippen LogP) is 3.32. The van der Waals surface area contributed by atoms with Crippen LogP contribution in [0.2, 0.25) is 0 Å². The monoisotopic (exact) mass is 299 g/mol. The van der Waals surface area contributed by atoms with Crippen molar-refractivity contribution in [1.82, 2.24) is 9.97 Å². The van der Waals surface area contributed by atoms with E-state index in [2.05, 4.69) is 15.3 Å². The molecular weight excluding hydrogens is 289 g/mol. The average Bonchev–Trinajstić information content (AvgIpc) is 2.97. The summed E-state index contributed by atoms with van der Waals surface area (Å²) in [6.45, 7) is 0. The van der Waals surface area contributed by atoms with Gasteiger partial charge in [0.05, 0.1) is 18.1 Å². The third-order valence-corrected chi connectivity index (χ3v) is 2.87. The molecule has 22 heavy (non-hydrogen) atoms. The second-order valence-corrected chi connectivity index (χ2v) is 4.40. The van der Waals surface area contributed by atoms with E-state index in [0.29, 0.717) is 17.0 Å². The molecule has 3 rings (SSSR count). The number of carboxylic acid groups (broad SMARTS) is 1. The van der Waals surface area contributed by atoms with E-state index in [4.69, 9.17) is 9.52 Å². The topological polar surface area (TPSA) is 88.2 Å². The van der Waals surface area contributed by atoms with E-state index in [1.165, 1.54) is 30.6 Å². The van der Waals surface area contributed by atoms with Gasteiger partial charge in [-0.15, -0.1) is 0 Å². The highest BCUT2D eigenvalue weighted by atomic mass is 19.1. The number of oxazole rings is 1. The zero-order valence-electron chi connectivity index (χ0n) is 11.2. The molecule has 3 aromatic rings. The Morgan fingerprint density at radius 3 is 2.50 bits per heavy atom. The highest BCUT2D eigenvalue weighted by molar-refractivity contribution is 5.85. The first kappa shape index (κ1) is 13.7. The summed E-state index contributed by atoms with van der Waals surface area (Å²) in [6, 6.07) is 8.99. The number of halogens is 1. The number of rotatable bonds is 4. The lowest BCUT2D eigenvalue weighted by atomic mass is 10.2. The van der Waals surface area contributed by atoms with Crippen LogP contribution in [0.3, 0.4) is 0 Å². The van der Waals surface area contributed by atoms with Gasteiger partial charge in [0.2, 0.25) is 0 Å². The molecule has 0 saturated heterocycles. The first-order valence-corrected chi connectivity index (χ1v) is 6.30. The number of hydrogen-bond acceptors (Lipinski definition) is 5. The van der Waals surface area contributed by atoms with Crippen LogP contribution < -0.4 is 5.32 Å². The molecule has 6 nitrogen and oxygen atoms in total. The lowest BCUT2D eigenvalue weighted by Gasteiger charge is -2.01. The minimum absolute atomic E-state index is 0.0510. The van der Waals surface area contributed by atoms with Crippen LogP contribution in [0.1, 0.15) is 10.5 Å². The van der Waals surface area contributed by atoms with Crippen molar-refractivity contribution >= 4 is 17.7 Å². The van der Waals surface area contributed by atoms with E-state index in [0.717, 1.165) is 0 Å². The zero-order chi connectivity index (χ0) is 15.5. The molecule has 0 saturated carbocycles. The van der Waals surface area contributed by atoms with E-state index < -0.39 is 5.97 Å². The fraction of sp³-hybridized carbons (Fsp3) is 0. The maximum atomic E-state index is 12.9. The van der Waals surface area contributed by atoms with Crippen molar-refractivity contribution in [2.24, 2.45) is 0 Å². The number of benzene rings is 1. The Bertz CT molecular complexity index is 798. The molecule has 0 aliphatic heterocycles. The molecule has 0 spiro atoms. The summed E-state index contributed by atoms with van der Waals surface area (Å²) in [5.41, 5.74) is 1.18. The molecular formula is C15H10FN3O3. The summed E-state index contributed by atoms with van der Waals surface area (Å²) in [5, 5.41) is 11.6. The van der Waals surface area contributed by atoms with Crippen LogP contribution in [0.5, 0.6) is 0 Å². The molecule has 0 fully saturated rings. The van der Waals surface area contributed by atoms with Gasteiger partial charge in [0.1, 0.15) is 11.5 Å². The van der Waals surface area contributed by atoms with Crippen molar-refractivity contribution in [3.8, 4) is 11.3 Å². The van der Waals surface area contributed by atoms with E-state index in [9.17, 15) is 9.18 Å². The Labute approximate surface area is 124 Å². The largest absolute Gasteiger partial charge is 0.477 e. The molecule has 2 aromatic heterocycles. The highest BCUT2D eigenvalue weighted by Gasteiger charge is 2.08. The van der Waals surface area contributed by atoms with Crippen LogP contribution >= 0.6 is 0 Å². The van der Waals surface area contributed by atoms with Gasteiger partial charge in [0.25, 0.3) is 6.01 Å². The first-order valence-electron chi connectivity index (χ1n) is 6.30. The molecule has 0 aliphatic carbocycles. The van der Waals surface area contributed by atoms with Crippen LogP contribution in [0.4, 0.5) is 16.1 Å². The van der Waals surface area contributed by atoms with Crippen molar-refractivity contribution < 1.29 is 18.7 Å². The molecule has 0 unspecified atom stereocenters. The SMILES string of the molecule is O=C(O)c1ccc(Nc2ncc(-c3ccc(F)cc3)o2)cn1. The van der Waals surface area contributed by atoms with Crippen molar-refractivity contribution in [2.75, 3.05) is 5.32 Å². The third kappa shape index (κ3) is 2.93. The smallest absolute Gasteiger partial charge is 0.354 e. The summed E-state index contributed by atoms with van der Waals surface area (Å²) in [4.78, 5) is 18.5. The molecule has 0 bridgehead atoms. The maximum Gasteiger partial charge on any atom is 0.354 e. The number of nitrogens with zero attached hydrogens (tertiary/aromatic N) is 2. The van der Waals surface area contributed by atoms with Crippen molar-refractivity contribution in [1.29, 1.82) is 0 Å². The summed E-state index contributed by atoms with van der Waals surface area (Å²) in [7, 11) is 0. The lowest BCUT2D eigenvalue weighted by Crippen LogP contribution is -2.00. The minimum Gasteiger partial charge on any atom is -0.477 e. The molecule has 2 N–H and O–H groups in total. The molecule has 2 heterocycles. The molecule has 1 aromatic carbocycles. The van der Waals surface area contributed by atoms with Gasteiger partial charge in [-0.05, 0) is 36.4 Å². The number of carboxylic acids is 1. The van der Waals surface area contributed by atoms with E-state index in [1.807, 2.05) is 0 Å². The Balaban J connectivity index is 1.76. The number of nitrogens with one attached hydrogen (secondary N) is 1. The summed E-state index contributed by atoms with van der Waals surface area (Å²) < 4.78 is 18.4. The molecule has 7 heteroatoms. The van der Waals surface area contributed by atoms with Gasteiger partial charge in [-0.25, -0.2) is 19.2 Å². The molecule has 0 amide bonds. The van der Waals surface area contributed by atoms with Crippen LogP contribution in [-0.2, 0) is 0 Å². The predicted molar refractivity (Wildman–Crippen MR) is 76.4 cm³/mol. The Kier molecular flexibility index (Phi) is 3.53. The number of aromatic nitrogens is 2. The number of hydrogen-bond donors (Lipinski definition) is 2. The van der Waals surface area contributed by atoms with Gasteiger partial charge in [-0.3, -0.25) is 0 Å². The van der Waals surface area contributed by atoms with E-state index in [-0.39, 0.29) is 17.5 Å². The van der Waals surface area contributed by atoms with Gasteiger partial charge in [-0.2, -0.15) is 0 Å². The zero-order valence-corrected chi connectivity index (χ0v) is 11.2. The molecule has 0 atom stereocenters. The summed E-state index contributed by atoms with van der Waals surface area (Å²) >= 11 is 0. The standard InChI is InChI=1S/C15H10FN3O3/c16-10-3-1-9(2-4-10)13-8-18-15(22-13)19-11-5-6-12(14(20)21)17-7-11/h1-8H,(H,18,19)(H,20,21). The molecule has 0 radical (unpaired) electrons. The fourth-order valence-corrected chi connectivity index (χ4v) is 1.80. The van der Waals surface area contributed by atoms with Gasteiger partial charge >= 0.3 is 5.97 Å². The second kappa shape index (κ2) is 5.65. The fourth-order valence-electron chi connectivity index (χ4n) is 1.80. The Morgan fingerprint density at radius 1 is 1.09 bits per heavy atom. The van der Waals surface area contributed by atoms with Crippen LogP contribution in [0.15, 0.2) is 53.2 Å². The van der Waals surface area contributed by atoms with Crippen molar-refractivity contribution in [2.45, 2.75) is 0 Å². The average molecular weight is 299 g/mol. The van der Waals surface area contributed by atoms with Gasteiger partial charge < -0.3 is 14.8 Å². The Hall–Kier alpha value is -3.22.